The molecule has 0 saturated carbocycles. The molecular formula is C26H22N4O2S. The highest BCUT2D eigenvalue weighted by atomic mass is 32.2. The number of hydrogen-bond acceptors (Lipinski definition) is 5. The number of aryl methyl sites for hydroxylation is 1. The second kappa shape index (κ2) is 8.26. The number of sulfone groups is 1. The number of fused-ring (bicyclic) bond motifs is 1. The van der Waals surface area contributed by atoms with Gasteiger partial charge in [-0.05, 0) is 48.9 Å². The molecular weight excluding hydrogens is 432 g/mol. The average molecular weight is 455 g/mol. The van der Waals surface area contributed by atoms with Crippen LogP contribution in [0.2, 0.25) is 0 Å². The molecule has 0 atom stereocenters. The Hall–Kier alpha value is -3.84. The van der Waals surface area contributed by atoms with E-state index in [2.05, 4.69) is 9.97 Å². The minimum absolute atomic E-state index is 0.299. The number of aromatic amines is 1. The summed E-state index contributed by atoms with van der Waals surface area (Å²) in [5.41, 5.74) is 6.05. The summed E-state index contributed by atoms with van der Waals surface area (Å²) in [4.78, 5) is 17.9. The molecule has 5 aromatic rings. The Morgan fingerprint density at radius 1 is 0.909 bits per heavy atom. The summed E-state index contributed by atoms with van der Waals surface area (Å²) >= 11 is 0. The van der Waals surface area contributed by atoms with Crippen LogP contribution in [-0.4, -0.2) is 34.6 Å². The van der Waals surface area contributed by atoms with Crippen molar-refractivity contribution in [2.24, 2.45) is 0 Å². The van der Waals surface area contributed by atoms with Crippen molar-refractivity contribution in [2.75, 3.05) is 6.26 Å². The van der Waals surface area contributed by atoms with Gasteiger partial charge in [0, 0.05) is 35.5 Å². The van der Waals surface area contributed by atoms with Crippen LogP contribution in [-0.2, 0) is 16.3 Å². The highest BCUT2D eigenvalue weighted by molar-refractivity contribution is 7.90. The lowest BCUT2D eigenvalue weighted by Gasteiger charge is -2.06. The molecule has 0 bridgehead atoms. The molecule has 33 heavy (non-hydrogen) atoms. The van der Waals surface area contributed by atoms with Crippen LogP contribution in [0.1, 0.15) is 17.1 Å². The first kappa shape index (κ1) is 21.0. The zero-order valence-corrected chi connectivity index (χ0v) is 19.1. The third-order valence-corrected chi connectivity index (χ3v) is 6.61. The molecule has 5 rings (SSSR count). The third-order valence-electron chi connectivity index (χ3n) is 5.50. The lowest BCUT2D eigenvalue weighted by molar-refractivity contribution is 0.601. The fraction of sp³-hybridized carbons (Fsp3) is 0.115. The smallest absolute Gasteiger partial charge is 0.175 e. The molecule has 0 saturated heterocycles. The SMILES string of the molecule is Cc1cccc(-c2[nH]c(Cc3cccc(S(C)(=O)=O)c3)nc2-c2cccc3ncccc23)n1. The summed E-state index contributed by atoms with van der Waals surface area (Å²) in [6, 6.07) is 22.8. The highest BCUT2D eigenvalue weighted by Crippen LogP contribution is 2.34. The molecule has 6 nitrogen and oxygen atoms in total. The standard InChI is InChI=1S/C26H22N4O2S/c1-17-7-3-13-23(28-17)26-25(21-10-5-12-22-20(21)11-6-14-27-22)29-24(30-26)16-18-8-4-9-19(15-18)33(2,31)32/h3-15H,16H2,1-2H3,(H,29,30). The van der Waals surface area contributed by atoms with Gasteiger partial charge in [0.2, 0.25) is 0 Å². The summed E-state index contributed by atoms with van der Waals surface area (Å²) in [5.74, 6) is 0.731. The van der Waals surface area contributed by atoms with Crippen LogP contribution in [0.15, 0.2) is 83.9 Å². The lowest BCUT2D eigenvalue weighted by Crippen LogP contribution is -1.99. The zero-order valence-electron chi connectivity index (χ0n) is 18.3. The van der Waals surface area contributed by atoms with Crippen molar-refractivity contribution in [3.8, 4) is 22.6 Å². The van der Waals surface area contributed by atoms with E-state index in [0.717, 1.165) is 50.6 Å². The summed E-state index contributed by atoms with van der Waals surface area (Å²) in [6.45, 7) is 1.96. The van der Waals surface area contributed by atoms with E-state index in [1.165, 1.54) is 6.26 Å². The van der Waals surface area contributed by atoms with Crippen LogP contribution in [0.5, 0.6) is 0 Å². The number of hydrogen-bond donors (Lipinski definition) is 1. The minimum Gasteiger partial charge on any atom is -0.340 e. The molecule has 7 heteroatoms. The van der Waals surface area contributed by atoms with E-state index < -0.39 is 9.84 Å². The Balaban J connectivity index is 1.66. The van der Waals surface area contributed by atoms with Crippen LogP contribution in [0.25, 0.3) is 33.5 Å². The predicted octanol–water partition coefficient (Wildman–Crippen LogP) is 4.99. The molecule has 0 fully saturated rings. The normalized spacial score (nSPS) is 11.7. The summed E-state index contributed by atoms with van der Waals surface area (Å²) < 4.78 is 24.0. The number of rotatable bonds is 5. The van der Waals surface area contributed by atoms with Crippen molar-refractivity contribution in [1.29, 1.82) is 0 Å². The fourth-order valence-corrected chi connectivity index (χ4v) is 4.65. The second-order valence-electron chi connectivity index (χ2n) is 8.04. The molecule has 164 valence electrons. The Morgan fingerprint density at radius 2 is 1.73 bits per heavy atom. The molecule has 2 aromatic carbocycles. The lowest BCUT2D eigenvalue weighted by atomic mass is 10.0. The second-order valence-corrected chi connectivity index (χ2v) is 10.1. The fourth-order valence-electron chi connectivity index (χ4n) is 3.96. The molecule has 3 aromatic heterocycles. The van der Waals surface area contributed by atoms with Crippen LogP contribution in [0.4, 0.5) is 0 Å². The van der Waals surface area contributed by atoms with Gasteiger partial charge in [-0.1, -0.05) is 36.4 Å². The van der Waals surface area contributed by atoms with Gasteiger partial charge < -0.3 is 4.98 Å². The van der Waals surface area contributed by atoms with Crippen molar-refractivity contribution >= 4 is 20.7 Å². The van der Waals surface area contributed by atoms with Crippen LogP contribution < -0.4 is 0 Å². The van der Waals surface area contributed by atoms with E-state index in [-0.39, 0.29) is 0 Å². The molecule has 0 aliphatic heterocycles. The van der Waals surface area contributed by atoms with Gasteiger partial charge in [-0.25, -0.2) is 13.4 Å². The maximum Gasteiger partial charge on any atom is 0.175 e. The maximum atomic E-state index is 12.0. The summed E-state index contributed by atoms with van der Waals surface area (Å²) in [7, 11) is -3.28. The van der Waals surface area contributed by atoms with E-state index in [0.29, 0.717) is 11.3 Å². The van der Waals surface area contributed by atoms with E-state index in [1.807, 2.05) is 61.5 Å². The number of benzene rings is 2. The van der Waals surface area contributed by atoms with Crippen LogP contribution in [0, 0.1) is 6.92 Å². The molecule has 0 aliphatic carbocycles. The molecule has 1 N–H and O–H groups in total. The average Bonchev–Trinajstić information content (AvgIpc) is 3.22. The first-order chi connectivity index (χ1) is 15.9. The van der Waals surface area contributed by atoms with Crippen molar-refractivity contribution in [2.45, 2.75) is 18.2 Å². The first-order valence-corrected chi connectivity index (χ1v) is 12.4. The number of nitrogens with zero attached hydrogens (tertiary/aromatic N) is 3. The van der Waals surface area contributed by atoms with Gasteiger partial charge >= 0.3 is 0 Å². The number of pyridine rings is 2. The van der Waals surface area contributed by atoms with Gasteiger partial charge in [0.05, 0.1) is 27.5 Å². The van der Waals surface area contributed by atoms with E-state index in [9.17, 15) is 8.42 Å². The van der Waals surface area contributed by atoms with Crippen molar-refractivity contribution in [1.82, 2.24) is 19.9 Å². The number of nitrogens with one attached hydrogen (secondary N) is 1. The first-order valence-electron chi connectivity index (χ1n) is 10.5. The third kappa shape index (κ3) is 4.27. The van der Waals surface area contributed by atoms with Crippen LogP contribution in [0.3, 0.4) is 0 Å². The largest absolute Gasteiger partial charge is 0.340 e. The minimum atomic E-state index is -3.28. The number of H-pyrrole nitrogens is 1. The van der Waals surface area contributed by atoms with Crippen molar-refractivity contribution in [3.63, 3.8) is 0 Å². The molecule has 0 spiro atoms. The number of imidazole rings is 1. The van der Waals surface area contributed by atoms with Gasteiger partial charge in [-0.15, -0.1) is 0 Å². The maximum absolute atomic E-state index is 12.0. The van der Waals surface area contributed by atoms with Gasteiger partial charge in [0.1, 0.15) is 5.82 Å². The van der Waals surface area contributed by atoms with Gasteiger partial charge in [-0.2, -0.15) is 0 Å². The van der Waals surface area contributed by atoms with E-state index in [1.54, 1.807) is 24.4 Å². The van der Waals surface area contributed by atoms with Gasteiger partial charge in [0.15, 0.2) is 9.84 Å². The molecule has 0 radical (unpaired) electrons. The van der Waals surface area contributed by atoms with E-state index in [4.69, 9.17) is 9.97 Å². The molecule has 0 amide bonds. The summed E-state index contributed by atoms with van der Waals surface area (Å²) in [6.07, 6.45) is 3.46. The van der Waals surface area contributed by atoms with Crippen molar-refractivity contribution in [3.05, 3.63) is 96.1 Å². The van der Waals surface area contributed by atoms with Gasteiger partial charge in [-0.3, -0.25) is 9.97 Å². The topological polar surface area (TPSA) is 88.6 Å². The zero-order chi connectivity index (χ0) is 23.0. The van der Waals surface area contributed by atoms with Crippen LogP contribution >= 0.6 is 0 Å². The molecule has 0 unspecified atom stereocenters. The Kier molecular flexibility index (Phi) is 5.26. The Bertz CT molecular complexity index is 1580. The van der Waals surface area contributed by atoms with E-state index >= 15 is 0 Å². The monoisotopic (exact) mass is 454 g/mol. The number of aromatic nitrogens is 4. The Labute approximate surface area is 192 Å². The Morgan fingerprint density at radius 3 is 2.55 bits per heavy atom. The molecule has 0 aliphatic rings. The van der Waals surface area contributed by atoms with Crippen molar-refractivity contribution < 1.29 is 8.42 Å². The highest BCUT2D eigenvalue weighted by Gasteiger charge is 2.18. The quantitative estimate of drug-likeness (QED) is 0.404. The predicted molar refractivity (Wildman–Crippen MR) is 130 cm³/mol. The summed E-state index contributed by atoms with van der Waals surface area (Å²) in [5, 5.41) is 1.01. The van der Waals surface area contributed by atoms with Gasteiger partial charge in [0.25, 0.3) is 0 Å². The molecule has 3 heterocycles.